The van der Waals surface area contributed by atoms with Crippen LogP contribution in [0.1, 0.15) is 5.56 Å². The van der Waals surface area contributed by atoms with E-state index in [0.717, 1.165) is 6.08 Å². The minimum absolute atomic E-state index is 0.416. The van der Waals surface area contributed by atoms with E-state index in [1.807, 2.05) is 0 Å². The number of halogens is 1. The minimum Gasteiger partial charge on any atom is -0.477 e. The number of rotatable bonds is 3. The Morgan fingerprint density at radius 2 is 1.80 bits per heavy atom. The molecule has 15 heavy (non-hydrogen) atoms. The van der Waals surface area contributed by atoms with Crippen LogP contribution >= 0.6 is 11.6 Å². The quantitative estimate of drug-likeness (QED) is 0.469. The number of hydrogen-bond acceptors (Lipinski definition) is 2. The number of carbonyl (C=O) groups is 2. The lowest BCUT2D eigenvalue weighted by atomic mass is 10.1. The molecule has 0 aliphatic heterocycles. The maximum atomic E-state index is 10.5. The molecule has 0 radical (unpaired) electrons. The number of aliphatic carboxylic acids is 2. The Labute approximate surface area is 90.4 Å². The van der Waals surface area contributed by atoms with Crippen LogP contribution in [0.15, 0.2) is 29.8 Å². The lowest BCUT2D eigenvalue weighted by molar-refractivity contribution is -0.139. The second-order valence-corrected chi connectivity index (χ2v) is 3.16. The molecule has 78 valence electrons. The van der Waals surface area contributed by atoms with E-state index >= 15 is 0 Å². The first-order chi connectivity index (χ1) is 7.00. The predicted octanol–water partition coefficient (Wildman–Crippen LogP) is 1.89. The molecule has 4 nitrogen and oxygen atoms in total. The van der Waals surface area contributed by atoms with Crippen LogP contribution in [0, 0.1) is 0 Å². The summed E-state index contributed by atoms with van der Waals surface area (Å²) in [6, 6.07) is 6.26. The van der Waals surface area contributed by atoms with E-state index in [2.05, 4.69) is 0 Å². The molecule has 1 aromatic rings. The summed E-state index contributed by atoms with van der Waals surface area (Å²) in [5.41, 5.74) is -0.264. The average molecular weight is 227 g/mol. The molecular weight excluding hydrogens is 220 g/mol. The van der Waals surface area contributed by atoms with Crippen molar-refractivity contribution in [2.45, 2.75) is 0 Å². The Morgan fingerprint density at radius 1 is 1.20 bits per heavy atom. The molecule has 0 bridgehead atoms. The highest BCUT2D eigenvalue weighted by molar-refractivity contribution is 6.30. The van der Waals surface area contributed by atoms with Crippen LogP contribution in [0.25, 0.3) is 6.08 Å². The molecule has 0 spiro atoms. The van der Waals surface area contributed by atoms with Crippen molar-refractivity contribution >= 4 is 29.6 Å². The van der Waals surface area contributed by atoms with E-state index < -0.39 is 17.5 Å². The van der Waals surface area contributed by atoms with Gasteiger partial charge in [0.1, 0.15) is 5.57 Å². The van der Waals surface area contributed by atoms with E-state index in [4.69, 9.17) is 21.8 Å². The lowest BCUT2D eigenvalue weighted by Gasteiger charge is -1.97. The zero-order valence-electron chi connectivity index (χ0n) is 7.48. The molecule has 0 heterocycles. The predicted molar refractivity (Wildman–Crippen MR) is 54.7 cm³/mol. The van der Waals surface area contributed by atoms with Crippen molar-refractivity contribution in [2.24, 2.45) is 0 Å². The van der Waals surface area contributed by atoms with Gasteiger partial charge >= 0.3 is 11.9 Å². The summed E-state index contributed by atoms with van der Waals surface area (Å²) in [6.45, 7) is 0. The zero-order valence-corrected chi connectivity index (χ0v) is 8.23. The van der Waals surface area contributed by atoms with Gasteiger partial charge in [-0.3, -0.25) is 0 Å². The first-order valence-electron chi connectivity index (χ1n) is 3.94. The summed E-state index contributed by atoms with van der Waals surface area (Å²) in [5.74, 6) is -2.97. The molecule has 0 saturated carbocycles. The van der Waals surface area contributed by atoms with Gasteiger partial charge in [-0.05, 0) is 23.8 Å². The number of carboxylic acids is 2. The van der Waals surface area contributed by atoms with Gasteiger partial charge in [0.05, 0.1) is 0 Å². The van der Waals surface area contributed by atoms with E-state index in [1.165, 1.54) is 6.07 Å². The molecule has 1 aromatic carbocycles. The van der Waals surface area contributed by atoms with Gasteiger partial charge in [-0.2, -0.15) is 0 Å². The number of hydrogen-bond donors (Lipinski definition) is 2. The van der Waals surface area contributed by atoms with E-state index in [-0.39, 0.29) is 0 Å². The maximum absolute atomic E-state index is 10.5. The maximum Gasteiger partial charge on any atom is 0.343 e. The minimum atomic E-state index is -1.48. The lowest BCUT2D eigenvalue weighted by Crippen LogP contribution is -2.10. The van der Waals surface area contributed by atoms with Crippen LogP contribution in [0.2, 0.25) is 5.02 Å². The summed E-state index contributed by atoms with van der Waals surface area (Å²) in [5, 5.41) is 17.6. The Balaban J connectivity index is 3.13. The molecule has 0 atom stereocenters. The number of benzene rings is 1. The van der Waals surface area contributed by atoms with Gasteiger partial charge in [0.25, 0.3) is 0 Å². The fraction of sp³-hybridized carbons (Fsp3) is 0. The molecule has 5 heteroatoms. The third-order valence-electron chi connectivity index (χ3n) is 1.62. The molecule has 0 unspecified atom stereocenters. The zero-order chi connectivity index (χ0) is 11.4. The summed E-state index contributed by atoms with van der Waals surface area (Å²) >= 11 is 5.66. The van der Waals surface area contributed by atoms with Gasteiger partial charge in [0.2, 0.25) is 0 Å². The molecule has 1 rings (SSSR count). The van der Waals surface area contributed by atoms with E-state index in [1.54, 1.807) is 18.2 Å². The van der Waals surface area contributed by atoms with Crippen molar-refractivity contribution in [2.75, 3.05) is 0 Å². The second-order valence-electron chi connectivity index (χ2n) is 2.72. The fourth-order valence-corrected chi connectivity index (χ4v) is 1.18. The van der Waals surface area contributed by atoms with Crippen molar-refractivity contribution < 1.29 is 19.8 Å². The van der Waals surface area contributed by atoms with E-state index in [0.29, 0.717) is 10.6 Å². The summed E-state index contributed by atoms with van der Waals surface area (Å²) in [7, 11) is 0. The first-order valence-corrected chi connectivity index (χ1v) is 4.32. The van der Waals surface area contributed by atoms with Gasteiger partial charge in [0, 0.05) is 5.02 Å². The normalized spacial score (nSPS) is 9.40. The largest absolute Gasteiger partial charge is 0.477 e. The Bertz CT molecular complexity index is 421. The van der Waals surface area contributed by atoms with Gasteiger partial charge < -0.3 is 10.2 Å². The molecular formula is C10H7ClO4. The smallest absolute Gasteiger partial charge is 0.343 e. The van der Waals surface area contributed by atoms with E-state index in [9.17, 15) is 9.59 Å². The van der Waals surface area contributed by atoms with Gasteiger partial charge in [0.15, 0.2) is 0 Å². The molecule has 0 saturated heterocycles. The highest BCUT2D eigenvalue weighted by atomic mass is 35.5. The van der Waals surface area contributed by atoms with Crippen molar-refractivity contribution in [3.63, 3.8) is 0 Å². The molecule has 0 aliphatic carbocycles. The number of carboxylic acid groups (broad SMARTS) is 2. The highest BCUT2D eigenvalue weighted by Crippen LogP contribution is 2.13. The summed E-state index contributed by atoms with van der Waals surface area (Å²) in [4.78, 5) is 21.1. The molecule has 0 aliphatic rings. The summed E-state index contributed by atoms with van der Waals surface area (Å²) < 4.78 is 0. The fourth-order valence-electron chi connectivity index (χ4n) is 0.978. The van der Waals surface area contributed by atoms with Gasteiger partial charge in [-0.15, -0.1) is 0 Å². The third kappa shape index (κ3) is 3.11. The highest BCUT2D eigenvalue weighted by Gasteiger charge is 2.15. The molecule has 0 amide bonds. The molecule has 0 aromatic heterocycles. The molecule has 0 fully saturated rings. The average Bonchev–Trinajstić information content (AvgIpc) is 2.13. The summed E-state index contributed by atoms with van der Waals surface area (Å²) in [6.07, 6.45) is 1.05. The third-order valence-corrected chi connectivity index (χ3v) is 1.86. The van der Waals surface area contributed by atoms with Crippen LogP contribution in [0.3, 0.4) is 0 Å². The van der Waals surface area contributed by atoms with Crippen LogP contribution in [-0.4, -0.2) is 22.2 Å². The van der Waals surface area contributed by atoms with Crippen molar-refractivity contribution in [1.82, 2.24) is 0 Å². The molecule has 2 N–H and O–H groups in total. The van der Waals surface area contributed by atoms with Gasteiger partial charge in [-0.1, -0.05) is 23.7 Å². The Morgan fingerprint density at radius 3 is 2.27 bits per heavy atom. The van der Waals surface area contributed by atoms with Crippen molar-refractivity contribution in [3.05, 3.63) is 40.4 Å². The Kier molecular flexibility index (Phi) is 3.46. The monoisotopic (exact) mass is 226 g/mol. The Hall–Kier alpha value is -1.81. The topological polar surface area (TPSA) is 74.6 Å². The van der Waals surface area contributed by atoms with Crippen molar-refractivity contribution in [3.8, 4) is 0 Å². The van der Waals surface area contributed by atoms with Crippen LogP contribution in [-0.2, 0) is 9.59 Å². The first kappa shape index (κ1) is 11.3. The van der Waals surface area contributed by atoms with Crippen LogP contribution in [0.4, 0.5) is 0 Å². The van der Waals surface area contributed by atoms with Crippen molar-refractivity contribution in [1.29, 1.82) is 0 Å². The standard InChI is InChI=1S/C10H7ClO4/c11-7-3-1-2-6(4-7)5-8(9(12)13)10(14)15/h1-5H,(H,12,13)(H,14,15). The van der Waals surface area contributed by atoms with Crippen LogP contribution < -0.4 is 0 Å². The second kappa shape index (κ2) is 4.61. The van der Waals surface area contributed by atoms with Gasteiger partial charge in [-0.25, -0.2) is 9.59 Å². The van der Waals surface area contributed by atoms with Crippen LogP contribution in [0.5, 0.6) is 0 Å². The SMILES string of the molecule is O=C(O)C(=Cc1cccc(Cl)c1)C(=O)O.